The molecule has 1 N–H and O–H groups in total. The summed E-state index contributed by atoms with van der Waals surface area (Å²) in [6.07, 6.45) is 5.27. The van der Waals surface area contributed by atoms with Gasteiger partial charge in [0.25, 0.3) is 0 Å². The average molecular weight is 344 g/mol. The van der Waals surface area contributed by atoms with E-state index in [1.807, 2.05) is 13.8 Å². The third-order valence-corrected chi connectivity index (χ3v) is 4.94. The Morgan fingerprint density at radius 3 is 2.68 bits per heavy atom. The fourth-order valence-electron chi connectivity index (χ4n) is 2.59. The van der Waals surface area contributed by atoms with E-state index < -0.39 is 0 Å². The number of nitrogens with one attached hydrogen (secondary N) is 1. The number of aryl methyl sites for hydroxylation is 1. The number of alkyl halides is 1. The van der Waals surface area contributed by atoms with Crippen LogP contribution >= 0.6 is 22.9 Å². The van der Waals surface area contributed by atoms with E-state index in [0.717, 1.165) is 31.2 Å². The normalized spacial score (nSPS) is 14.4. The molecule has 1 heterocycles. The Morgan fingerprint density at radius 2 is 2.00 bits per heavy atom. The Labute approximate surface area is 140 Å². The number of carbonyl (C=O) groups excluding carboxylic acids is 2. The molecule has 0 aromatic carbocycles. The molecule has 1 amide bonds. The molecule has 6 heteroatoms. The lowest BCUT2D eigenvalue weighted by molar-refractivity contribution is -0.115. The predicted molar refractivity (Wildman–Crippen MR) is 90.1 cm³/mol. The molecule has 1 aromatic heterocycles. The van der Waals surface area contributed by atoms with Crippen molar-refractivity contribution < 1.29 is 14.3 Å². The number of rotatable bonds is 5. The summed E-state index contributed by atoms with van der Waals surface area (Å²) in [7, 11) is 0. The molecule has 0 spiro atoms. The van der Waals surface area contributed by atoms with Crippen LogP contribution in [0.3, 0.4) is 0 Å². The van der Waals surface area contributed by atoms with Gasteiger partial charge in [0.2, 0.25) is 5.91 Å². The van der Waals surface area contributed by atoms with Crippen LogP contribution in [0.4, 0.5) is 5.00 Å². The van der Waals surface area contributed by atoms with E-state index in [9.17, 15) is 9.59 Å². The third-order valence-electron chi connectivity index (χ3n) is 3.54. The third kappa shape index (κ3) is 4.23. The van der Waals surface area contributed by atoms with Gasteiger partial charge in [-0.2, -0.15) is 0 Å². The van der Waals surface area contributed by atoms with Gasteiger partial charge in [-0.3, -0.25) is 4.79 Å². The molecule has 0 bridgehead atoms. The summed E-state index contributed by atoms with van der Waals surface area (Å²) in [5.41, 5.74) is 1.62. The highest BCUT2D eigenvalue weighted by atomic mass is 35.5. The summed E-state index contributed by atoms with van der Waals surface area (Å²) in [6, 6.07) is 0. The molecule has 0 unspecified atom stereocenters. The van der Waals surface area contributed by atoms with Gasteiger partial charge in [0, 0.05) is 17.2 Å². The summed E-state index contributed by atoms with van der Waals surface area (Å²) in [4.78, 5) is 25.5. The number of halogens is 1. The molecule has 0 radical (unpaired) electrons. The number of esters is 1. The van der Waals surface area contributed by atoms with Crippen LogP contribution in [0.5, 0.6) is 0 Å². The second-order valence-corrected chi connectivity index (χ2v) is 7.19. The van der Waals surface area contributed by atoms with Crippen molar-refractivity contribution in [2.75, 3.05) is 11.2 Å². The Kier molecular flexibility index (Phi) is 6.26. The first-order valence-corrected chi connectivity index (χ1v) is 9.09. The molecule has 0 aliphatic heterocycles. The maximum absolute atomic E-state index is 12.5. The average Bonchev–Trinajstić information content (AvgIpc) is 2.61. The zero-order chi connectivity index (χ0) is 16.1. The van der Waals surface area contributed by atoms with Gasteiger partial charge < -0.3 is 10.1 Å². The molecule has 1 aliphatic rings. The monoisotopic (exact) mass is 343 g/mol. The molecule has 0 atom stereocenters. The van der Waals surface area contributed by atoms with Crippen molar-refractivity contribution in [2.45, 2.75) is 58.5 Å². The van der Waals surface area contributed by atoms with Crippen molar-refractivity contribution >= 4 is 39.8 Å². The maximum Gasteiger partial charge on any atom is 0.341 e. The highest BCUT2D eigenvalue weighted by Gasteiger charge is 2.27. The number of thiophene rings is 1. The van der Waals surface area contributed by atoms with Crippen molar-refractivity contribution in [2.24, 2.45) is 0 Å². The molecule has 2 rings (SSSR count). The predicted octanol–water partition coefficient (Wildman–Crippen LogP) is 4.15. The number of ether oxygens (including phenoxy) is 1. The van der Waals surface area contributed by atoms with E-state index in [2.05, 4.69) is 5.32 Å². The van der Waals surface area contributed by atoms with Crippen LogP contribution in [0.25, 0.3) is 0 Å². The Bertz CT molecular complexity index is 554. The summed E-state index contributed by atoms with van der Waals surface area (Å²) in [6.45, 7) is 3.66. The zero-order valence-electron chi connectivity index (χ0n) is 13.0. The number of anilines is 1. The molecule has 0 saturated heterocycles. The molecule has 0 fully saturated rings. The highest BCUT2D eigenvalue weighted by molar-refractivity contribution is 7.17. The van der Waals surface area contributed by atoms with E-state index >= 15 is 0 Å². The van der Waals surface area contributed by atoms with Gasteiger partial charge in [-0.05, 0) is 45.1 Å². The van der Waals surface area contributed by atoms with Crippen LogP contribution in [-0.2, 0) is 22.4 Å². The molecule has 22 heavy (non-hydrogen) atoms. The van der Waals surface area contributed by atoms with Gasteiger partial charge in [0.15, 0.2) is 0 Å². The smallest absolute Gasteiger partial charge is 0.341 e. The Balaban J connectivity index is 2.34. The minimum Gasteiger partial charge on any atom is -0.459 e. The molecule has 1 aliphatic carbocycles. The fraction of sp³-hybridized carbons (Fsp3) is 0.625. The lowest BCUT2D eigenvalue weighted by atomic mass is 10.1. The lowest BCUT2D eigenvalue weighted by Crippen LogP contribution is -2.17. The minimum atomic E-state index is -0.337. The van der Waals surface area contributed by atoms with Crippen molar-refractivity contribution in [3.63, 3.8) is 0 Å². The van der Waals surface area contributed by atoms with Gasteiger partial charge in [-0.15, -0.1) is 22.9 Å². The van der Waals surface area contributed by atoms with Crippen LogP contribution in [-0.4, -0.2) is 23.9 Å². The van der Waals surface area contributed by atoms with E-state index in [0.29, 0.717) is 10.6 Å². The second kappa shape index (κ2) is 7.97. The van der Waals surface area contributed by atoms with E-state index in [4.69, 9.17) is 16.3 Å². The van der Waals surface area contributed by atoms with E-state index in [-0.39, 0.29) is 30.3 Å². The molecule has 4 nitrogen and oxygen atoms in total. The Morgan fingerprint density at radius 1 is 1.27 bits per heavy atom. The second-order valence-electron chi connectivity index (χ2n) is 5.71. The van der Waals surface area contributed by atoms with Gasteiger partial charge in [-0.1, -0.05) is 6.42 Å². The SMILES string of the molecule is CC(C)OC(=O)c1c(NC(=O)CCCl)sc2c1CCCCC2. The van der Waals surface area contributed by atoms with Crippen molar-refractivity contribution in [1.82, 2.24) is 0 Å². The first kappa shape index (κ1) is 17.3. The van der Waals surface area contributed by atoms with Crippen molar-refractivity contribution in [3.8, 4) is 0 Å². The van der Waals surface area contributed by atoms with Crippen LogP contribution in [0.2, 0.25) is 0 Å². The number of amides is 1. The van der Waals surface area contributed by atoms with Crippen molar-refractivity contribution in [3.05, 3.63) is 16.0 Å². The van der Waals surface area contributed by atoms with Gasteiger partial charge in [-0.25, -0.2) is 4.79 Å². The number of carbonyl (C=O) groups is 2. The highest BCUT2D eigenvalue weighted by Crippen LogP contribution is 2.38. The first-order valence-electron chi connectivity index (χ1n) is 7.74. The number of hydrogen-bond donors (Lipinski definition) is 1. The summed E-state index contributed by atoms with van der Waals surface area (Å²) < 4.78 is 5.37. The molecule has 0 saturated carbocycles. The lowest BCUT2D eigenvalue weighted by Gasteiger charge is -2.11. The van der Waals surface area contributed by atoms with Crippen LogP contribution < -0.4 is 5.32 Å². The molecular weight excluding hydrogens is 322 g/mol. The zero-order valence-corrected chi connectivity index (χ0v) is 14.6. The van der Waals surface area contributed by atoms with Gasteiger partial charge in [0.05, 0.1) is 11.7 Å². The largest absolute Gasteiger partial charge is 0.459 e. The standard InChI is InChI=1S/C16H22ClNO3S/c1-10(2)21-16(20)14-11-6-4-3-5-7-12(11)22-15(14)18-13(19)8-9-17/h10H,3-9H2,1-2H3,(H,18,19). The van der Waals surface area contributed by atoms with Crippen LogP contribution in [0.15, 0.2) is 0 Å². The Hall–Kier alpha value is -1.07. The number of hydrogen-bond acceptors (Lipinski definition) is 4. The van der Waals surface area contributed by atoms with Gasteiger partial charge in [0.1, 0.15) is 5.00 Å². The summed E-state index contributed by atoms with van der Waals surface area (Å²) in [5, 5.41) is 3.46. The maximum atomic E-state index is 12.5. The van der Waals surface area contributed by atoms with Gasteiger partial charge >= 0.3 is 5.97 Å². The fourth-order valence-corrected chi connectivity index (χ4v) is 4.06. The van der Waals surface area contributed by atoms with E-state index in [1.165, 1.54) is 22.6 Å². The van der Waals surface area contributed by atoms with Crippen LogP contribution in [0.1, 0.15) is 60.3 Å². The first-order chi connectivity index (χ1) is 10.5. The quantitative estimate of drug-likeness (QED) is 0.496. The molecule has 1 aromatic rings. The number of fused-ring (bicyclic) bond motifs is 1. The van der Waals surface area contributed by atoms with E-state index in [1.54, 1.807) is 0 Å². The molecular formula is C16H22ClNO3S. The van der Waals surface area contributed by atoms with Crippen LogP contribution in [0, 0.1) is 0 Å². The summed E-state index contributed by atoms with van der Waals surface area (Å²) >= 11 is 7.12. The minimum absolute atomic E-state index is 0.162. The topological polar surface area (TPSA) is 55.4 Å². The summed E-state index contributed by atoms with van der Waals surface area (Å²) in [5.74, 6) is -0.233. The van der Waals surface area contributed by atoms with Crippen molar-refractivity contribution in [1.29, 1.82) is 0 Å². The molecule has 122 valence electrons.